The van der Waals surface area contributed by atoms with Gasteiger partial charge in [-0.2, -0.15) is 0 Å². The lowest BCUT2D eigenvalue weighted by atomic mass is 9.91. The topological polar surface area (TPSA) is 61.3 Å². The van der Waals surface area contributed by atoms with Gasteiger partial charge < -0.3 is 15.0 Å². The molecule has 21 heavy (non-hydrogen) atoms. The van der Waals surface area contributed by atoms with Crippen LogP contribution in [0.3, 0.4) is 0 Å². The third kappa shape index (κ3) is 2.89. The zero-order valence-electron chi connectivity index (χ0n) is 12.5. The van der Waals surface area contributed by atoms with E-state index in [4.69, 9.17) is 15.0 Å². The summed E-state index contributed by atoms with van der Waals surface area (Å²) in [6.07, 6.45) is 7.49. The fourth-order valence-electron chi connectivity index (χ4n) is 3.22. The normalized spacial score (nSPS) is 16.6. The minimum atomic E-state index is 0.405. The van der Waals surface area contributed by atoms with Crippen LogP contribution in [0.4, 0.5) is 5.88 Å². The number of nitrogens with zero attached hydrogens (tertiary/aromatic N) is 1. The third-order valence-corrected chi connectivity index (χ3v) is 4.35. The van der Waals surface area contributed by atoms with Crippen LogP contribution in [0.25, 0.3) is 11.1 Å². The molecule has 0 radical (unpaired) electrons. The van der Waals surface area contributed by atoms with Crippen molar-refractivity contribution in [1.82, 2.24) is 5.16 Å². The third-order valence-electron chi connectivity index (χ3n) is 4.35. The summed E-state index contributed by atoms with van der Waals surface area (Å²) in [6, 6.07) is 7.92. The van der Waals surface area contributed by atoms with Crippen LogP contribution in [0.5, 0.6) is 5.75 Å². The number of methoxy groups -OCH3 is 1. The molecule has 0 bridgehead atoms. The average Bonchev–Trinajstić information content (AvgIpc) is 2.74. The number of rotatable bonds is 3. The molecule has 1 aromatic heterocycles. The van der Waals surface area contributed by atoms with Crippen LogP contribution in [-0.4, -0.2) is 12.3 Å². The standard InChI is InChI=1S/C17H22N2O2/c1-20-14-10-6-9-13(11-14)15-16(19-21-17(15)18)12-7-4-2-3-5-8-12/h6,9-12H,2-5,7-8,18H2,1H3. The first-order valence-corrected chi connectivity index (χ1v) is 7.69. The minimum absolute atomic E-state index is 0.405. The number of aromatic nitrogens is 1. The maximum atomic E-state index is 6.04. The van der Waals surface area contributed by atoms with Crippen LogP contribution in [0.2, 0.25) is 0 Å². The highest BCUT2D eigenvalue weighted by Crippen LogP contribution is 2.40. The van der Waals surface area contributed by atoms with Gasteiger partial charge in [-0.25, -0.2) is 0 Å². The Hall–Kier alpha value is -1.97. The van der Waals surface area contributed by atoms with E-state index >= 15 is 0 Å². The summed E-state index contributed by atoms with van der Waals surface area (Å²) in [5.41, 5.74) is 9.02. The summed E-state index contributed by atoms with van der Waals surface area (Å²) in [7, 11) is 1.67. The lowest BCUT2D eigenvalue weighted by Gasteiger charge is -2.13. The Bertz CT molecular complexity index is 599. The largest absolute Gasteiger partial charge is 0.497 e. The van der Waals surface area contributed by atoms with E-state index in [1.807, 2.05) is 24.3 Å². The molecular formula is C17H22N2O2. The molecule has 112 valence electrons. The van der Waals surface area contributed by atoms with Crippen LogP contribution in [0.15, 0.2) is 28.8 Å². The second-order valence-electron chi connectivity index (χ2n) is 5.73. The number of anilines is 1. The van der Waals surface area contributed by atoms with E-state index in [9.17, 15) is 0 Å². The second kappa shape index (κ2) is 6.20. The smallest absolute Gasteiger partial charge is 0.230 e. The fourth-order valence-corrected chi connectivity index (χ4v) is 3.22. The van der Waals surface area contributed by atoms with Gasteiger partial charge in [0.05, 0.1) is 18.4 Å². The highest BCUT2D eigenvalue weighted by molar-refractivity contribution is 5.76. The molecule has 2 N–H and O–H groups in total. The first-order chi connectivity index (χ1) is 10.3. The molecule has 1 heterocycles. The van der Waals surface area contributed by atoms with E-state index in [2.05, 4.69) is 5.16 Å². The molecule has 1 saturated carbocycles. The molecule has 1 aromatic carbocycles. The molecule has 0 atom stereocenters. The van der Waals surface area contributed by atoms with E-state index in [1.165, 1.54) is 38.5 Å². The van der Waals surface area contributed by atoms with Gasteiger partial charge in [-0.15, -0.1) is 0 Å². The van der Waals surface area contributed by atoms with Gasteiger partial charge in [0.1, 0.15) is 5.75 Å². The Morgan fingerprint density at radius 2 is 1.95 bits per heavy atom. The van der Waals surface area contributed by atoms with E-state index in [0.717, 1.165) is 22.6 Å². The molecule has 1 fully saturated rings. The van der Waals surface area contributed by atoms with Gasteiger partial charge in [0.25, 0.3) is 0 Å². The van der Waals surface area contributed by atoms with Crippen LogP contribution < -0.4 is 10.5 Å². The molecular weight excluding hydrogens is 264 g/mol. The van der Waals surface area contributed by atoms with E-state index in [0.29, 0.717) is 11.8 Å². The first-order valence-electron chi connectivity index (χ1n) is 7.69. The van der Waals surface area contributed by atoms with Crippen LogP contribution in [-0.2, 0) is 0 Å². The summed E-state index contributed by atoms with van der Waals surface area (Å²) >= 11 is 0. The van der Waals surface area contributed by atoms with Crippen molar-refractivity contribution in [3.63, 3.8) is 0 Å². The predicted molar refractivity (Wildman–Crippen MR) is 83.3 cm³/mol. The van der Waals surface area contributed by atoms with Crippen molar-refractivity contribution in [3.8, 4) is 16.9 Å². The number of nitrogen functional groups attached to an aromatic ring is 1. The zero-order chi connectivity index (χ0) is 14.7. The number of ether oxygens (including phenoxy) is 1. The number of nitrogens with two attached hydrogens (primary N) is 1. The van der Waals surface area contributed by atoms with Crippen LogP contribution in [0, 0.1) is 0 Å². The summed E-state index contributed by atoms with van der Waals surface area (Å²) < 4.78 is 10.6. The lowest BCUT2D eigenvalue weighted by Crippen LogP contribution is -2.00. The summed E-state index contributed by atoms with van der Waals surface area (Å²) in [5, 5.41) is 4.27. The Morgan fingerprint density at radius 3 is 2.67 bits per heavy atom. The Labute approximate surface area is 125 Å². The highest BCUT2D eigenvalue weighted by Gasteiger charge is 2.24. The van der Waals surface area contributed by atoms with Gasteiger partial charge in [0.2, 0.25) is 5.88 Å². The molecule has 0 unspecified atom stereocenters. The number of benzene rings is 1. The first kappa shape index (κ1) is 14.0. The second-order valence-corrected chi connectivity index (χ2v) is 5.73. The van der Waals surface area contributed by atoms with E-state index in [-0.39, 0.29) is 0 Å². The van der Waals surface area contributed by atoms with Gasteiger partial charge >= 0.3 is 0 Å². The molecule has 4 nitrogen and oxygen atoms in total. The zero-order valence-corrected chi connectivity index (χ0v) is 12.5. The number of hydrogen-bond acceptors (Lipinski definition) is 4. The molecule has 0 spiro atoms. The lowest BCUT2D eigenvalue weighted by molar-refractivity contribution is 0.413. The highest BCUT2D eigenvalue weighted by atomic mass is 16.5. The van der Waals surface area contributed by atoms with Crippen molar-refractivity contribution in [1.29, 1.82) is 0 Å². The minimum Gasteiger partial charge on any atom is -0.497 e. The van der Waals surface area contributed by atoms with Gasteiger partial charge in [-0.1, -0.05) is 43.0 Å². The Kier molecular flexibility index (Phi) is 4.13. The van der Waals surface area contributed by atoms with Gasteiger partial charge in [0.15, 0.2) is 0 Å². The molecule has 4 heteroatoms. The molecule has 0 amide bonds. The van der Waals surface area contributed by atoms with Crippen molar-refractivity contribution in [2.45, 2.75) is 44.4 Å². The molecule has 3 rings (SSSR count). The quantitative estimate of drug-likeness (QED) is 0.851. The molecule has 1 aliphatic rings. The van der Waals surface area contributed by atoms with Gasteiger partial charge in [0, 0.05) is 5.92 Å². The van der Waals surface area contributed by atoms with Crippen molar-refractivity contribution >= 4 is 5.88 Å². The molecule has 1 aliphatic carbocycles. The summed E-state index contributed by atoms with van der Waals surface area (Å²) in [5.74, 6) is 1.68. The Morgan fingerprint density at radius 1 is 1.19 bits per heavy atom. The van der Waals surface area contributed by atoms with Crippen molar-refractivity contribution in [3.05, 3.63) is 30.0 Å². The van der Waals surface area contributed by atoms with E-state index < -0.39 is 0 Å². The van der Waals surface area contributed by atoms with Gasteiger partial charge in [-0.05, 0) is 30.5 Å². The van der Waals surface area contributed by atoms with Crippen LogP contribution >= 0.6 is 0 Å². The summed E-state index contributed by atoms with van der Waals surface area (Å²) in [6.45, 7) is 0. The van der Waals surface area contributed by atoms with E-state index in [1.54, 1.807) is 7.11 Å². The monoisotopic (exact) mass is 286 g/mol. The number of hydrogen-bond donors (Lipinski definition) is 1. The molecule has 2 aromatic rings. The Balaban J connectivity index is 1.99. The molecule has 0 aliphatic heterocycles. The maximum Gasteiger partial charge on any atom is 0.230 e. The van der Waals surface area contributed by atoms with Crippen LogP contribution in [0.1, 0.15) is 50.1 Å². The van der Waals surface area contributed by atoms with Crippen molar-refractivity contribution in [2.24, 2.45) is 0 Å². The van der Waals surface area contributed by atoms with Crippen molar-refractivity contribution < 1.29 is 9.26 Å². The summed E-state index contributed by atoms with van der Waals surface area (Å²) in [4.78, 5) is 0. The average molecular weight is 286 g/mol. The maximum absolute atomic E-state index is 6.04. The van der Waals surface area contributed by atoms with Gasteiger partial charge in [-0.3, -0.25) is 0 Å². The molecule has 0 saturated heterocycles. The predicted octanol–water partition coefficient (Wildman–Crippen LogP) is 4.37. The van der Waals surface area contributed by atoms with Crippen molar-refractivity contribution in [2.75, 3.05) is 12.8 Å². The fraction of sp³-hybridized carbons (Fsp3) is 0.471. The SMILES string of the molecule is COc1cccc(-c2c(C3CCCCCC3)noc2N)c1.